The minimum Gasteiger partial charge on any atom is -0.383 e. The highest BCUT2D eigenvalue weighted by Gasteiger charge is 2.26. The molecule has 0 fully saturated rings. The van der Waals surface area contributed by atoms with Gasteiger partial charge in [-0.3, -0.25) is 9.78 Å². The monoisotopic (exact) mass is 241 g/mol. The number of aromatic nitrogens is 1. The van der Waals surface area contributed by atoms with Crippen LogP contribution in [0.3, 0.4) is 0 Å². The zero-order valence-electron chi connectivity index (χ0n) is 9.67. The van der Waals surface area contributed by atoms with Gasteiger partial charge in [-0.05, 0) is 19.9 Å². The van der Waals surface area contributed by atoms with Gasteiger partial charge < -0.3 is 10.6 Å². The van der Waals surface area contributed by atoms with Crippen molar-refractivity contribution in [1.82, 2.24) is 10.3 Å². The lowest BCUT2D eigenvalue weighted by molar-refractivity contribution is -0.128. The lowest BCUT2D eigenvalue weighted by Crippen LogP contribution is -2.39. The molecule has 1 aromatic heterocycles. The molecule has 0 aliphatic carbocycles. The first kappa shape index (κ1) is 12.8. The first-order chi connectivity index (χ1) is 7.47. The normalized spacial score (nSPS) is 11.0. The maximum atomic E-state index is 11.5. The van der Waals surface area contributed by atoms with Gasteiger partial charge >= 0.3 is 0 Å². The van der Waals surface area contributed by atoms with Crippen molar-refractivity contribution in [2.75, 3.05) is 18.9 Å². The second-order valence-corrected chi connectivity index (χ2v) is 4.58. The molecule has 0 unspecified atom stereocenters. The summed E-state index contributed by atoms with van der Waals surface area (Å²) >= 11 is 5.94. The summed E-state index contributed by atoms with van der Waals surface area (Å²) < 4.78 is 0. The van der Waals surface area contributed by atoms with E-state index in [0.717, 1.165) is 5.69 Å². The van der Waals surface area contributed by atoms with E-state index in [1.54, 1.807) is 25.5 Å². The number of halogens is 1. The van der Waals surface area contributed by atoms with E-state index in [1.165, 1.54) is 0 Å². The van der Waals surface area contributed by atoms with Gasteiger partial charge in [0.15, 0.2) is 0 Å². The molecule has 16 heavy (non-hydrogen) atoms. The number of nitrogens with one attached hydrogen (secondary N) is 2. The number of nitrogens with zero attached hydrogens (tertiary/aromatic N) is 1. The molecule has 1 amide bonds. The highest BCUT2D eigenvalue weighted by atomic mass is 35.5. The van der Waals surface area contributed by atoms with Gasteiger partial charge in [-0.1, -0.05) is 11.6 Å². The van der Waals surface area contributed by atoms with Gasteiger partial charge in [0.25, 0.3) is 0 Å². The smallest absolute Gasteiger partial charge is 0.227 e. The number of hydrogen-bond acceptors (Lipinski definition) is 3. The summed E-state index contributed by atoms with van der Waals surface area (Å²) in [6.45, 7) is 4.25. The molecule has 88 valence electrons. The standard InChI is InChI=1S/C11H16ClN3O/c1-11(2,10(16)13-3)7-15-9-4-5-14-6-8(9)12/h4-6H,7H2,1-3H3,(H,13,16)(H,14,15). The summed E-state index contributed by atoms with van der Waals surface area (Å²) in [4.78, 5) is 15.4. The lowest BCUT2D eigenvalue weighted by atomic mass is 9.92. The fourth-order valence-electron chi connectivity index (χ4n) is 1.25. The van der Waals surface area contributed by atoms with E-state index >= 15 is 0 Å². The molecule has 4 nitrogen and oxygen atoms in total. The zero-order chi connectivity index (χ0) is 12.2. The van der Waals surface area contributed by atoms with Crippen LogP contribution in [0.1, 0.15) is 13.8 Å². The molecular formula is C11H16ClN3O. The van der Waals surface area contributed by atoms with Gasteiger partial charge in [0, 0.05) is 26.0 Å². The first-order valence-electron chi connectivity index (χ1n) is 5.03. The van der Waals surface area contributed by atoms with Crippen LogP contribution < -0.4 is 10.6 Å². The summed E-state index contributed by atoms with van der Waals surface area (Å²) in [6, 6.07) is 1.78. The van der Waals surface area contributed by atoms with Crippen LogP contribution in [0, 0.1) is 5.41 Å². The van der Waals surface area contributed by atoms with E-state index < -0.39 is 5.41 Å². The Labute approximate surface area is 100 Å². The van der Waals surface area contributed by atoms with E-state index in [-0.39, 0.29) is 5.91 Å². The Morgan fingerprint density at radius 1 is 1.56 bits per heavy atom. The number of hydrogen-bond donors (Lipinski definition) is 2. The molecule has 0 spiro atoms. The second-order valence-electron chi connectivity index (χ2n) is 4.17. The summed E-state index contributed by atoms with van der Waals surface area (Å²) in [7, 11) is 1.63. The van der Waals surface area contributed by atoms with Gasteiger partial charge in [-0.2, -0.15) is 0 Å². The number of rotatable bonds is 4. The van der Waals surface area contributed by atoms with Crippen LogP contribution in [0.25, 0.3) is 0 Å². The lowest BCUT2D eigenvalue weighted by Gasteiger charge is -2.23. The molecule has 1 heterocycles. The molecule has 2 N–H and O–H groups in total. The van der Waals surface area contributed by atoms with Crippen molar-refractivity contribution in [2.24, 2.45) is 5.41 Å². The fourth-order valence-corrected chi connectivity index (χ4v) is 1.44. The number of anilines is 1. The Bertz CT molecular complexity index is 379. The van der Waals surface area contributed by atoms with Gasteiger partial charge in [0.1, 0.15) is 0 Å². The molecule has 0 aliphatic rings. The minimum atomic E-state index is -0.485. The van der Waals surface area contributed by atoms with Crippen molar-refractivity contribution >= 4 is 23.2 Å². The SMILES string of the molecule is CNC(=O)C(C)(C)CNc1ccncc1Cl. The molecule has 0 aromatic carbocycles. The molecular weight excluding hydrogens is 226 g/mol. The number of carbonyl (C=O) groups excluding carboxylic acids is 1. The third-order valence-electron chi connectivity index (χ3n) is 2.33. The predicted molar refractivity (Wildman–Crippen MR) is 65.6 cm³/mol. The number of pyridine rings is 1. The van der Waals surface area contributed by atoms with E-state index in [9.17, 15) is 4.79 Å². The molecule has 0 bridgehead atoms. The van der Waals surface area contributed by atoms with Crippen molar-refractivity contribution in [3.05, 3.63) is 23.5 Å². The average molecular weight is 242 g/mol. The summed E-state index contributed by atoms with van der Waals surface area (Å²) in [5.41, 5.74) is 0.301. The van der Waals surface area contributed by atoms with Gasteiger partial charge in [0.2, 0.25) is 5.91 Å². The summed E-state index contributed by atoms with van der Waals surface area (Å²) in [6.07, 6.45) is 3.22. The second kappa shape index (κ2) is 5.16. The van der Waals surface area contributed by atoms with Crippen molar-refractivity contribution in [3.63, 3.8) is 0 Å². The van der Waals surface area contributed by atoms with Crippen molar-refractivity contribution < 1.29 is 4.79 Å². The van der Waals surface area contributed by atoms with Crippen LogP contribution in [0.5, 0.6) is 0 Å². The molecule has 0 saturated heterocycles. The van der Waals surface area contributed by atoms with Gasteiger partial charge in [-0.25, -0.2) is 0 Å². The van der Waals surface area contributed by atoms with Crippen LogP contribution >= 0.6 is 11.6 Å². The molecule has 0 saturated carbocycles. The van der Waals surface area contributed by atoms with Crippen molar-refractivity contribution in [2.45, 2.75) is 13.8 Å². The highest BCUT2D eigenvalue weighted by Crippen LogP contribution is 2.22. The quantitative estimate of drug-likeness (QED) is 0.847. The average Bonchev–Trinajstić information content (AvgIpc) is 2.27. The fraction of sp³-hybridized carbons (Fsp3) is 0.455. The van der Waals surface area contributed by atoms with E-state index in [4.69, 9.17) is 11.6 Å². The van der Waals surface area contributed by atoms with Crippen molar-refractivity contribution in [1.29, 1.82) is 0 Å². The maximum Gasteiger partial charge on any atom is 0.227 e. The molecule has 0 aliphatic heterocycles. The third kappa shape index (κ3) is 3.10. The Balaban J connectivity index is 2.65. The van der Waals surface area contributed by atoms with Crippen LogP contribution in [-0.4, -0.2) is 24.5 Å². The molecule has 0 radical (unpaired) electrons. The zero-order valence-corrected chi connectivity index (χ0v) is 10.4. The largest absolute Gasteiger partial charge is 0.383 e. The molecule has 1 rings (SSSR count). The third-order valence-corrected chi connectivity index (χ3v) is 2.64. The Hall–Kier alpha value is -1.29. The van der Waals surface area contributed by atoms with E-state index in [1.807, 2.05) is 13.8 Å². The number of carbonyl (C=O) groups is 1. The molecule has 1 aromatic rings. The predicted octanol–water partition coefficient (Wildman–Crippen LogP) is 1.92. The highest BCUT2D eigenvalue weighted by molar-refractivity contribution is 6.33. The Morgan fingerprint density at radius 2 is 2.25 bits per heavy atom. The first-order valence-corrected chi connectivity index (χ1v) is 5.41. The summed E-state index contributed by atoms with van der Waals surface area (Å²) in [5.74, 6) is -0.00909. The number of amides is 1. The van der Waals surface area contributed by atoms with Gasteiger partial charge in [0.05, 0.1) is 16.1 Å². The summed E-state index contributed by atoms with van der Waals surface area (Å²) in [5, 5.41) is 6.32. The maximum absolute atomic E-state index is 11.5. The van der Waals surface area contributed by atoms with Crippen LogP contribution in [-0.2, 0) is 4.79 Å². The van der Waals surface area contributed by atoms with Crippen LogP contribution in [0.15, 0.2) is 18.5 Å². The van der Waals surface area contributed by atoms with Crippen molar-refractivity contribution in [3.8, 4) is 0 Å². The topological polar surface area (TPSA) is 54.0 Å². The minimum absolute atomic E-state index is 0.00909. The van der Waals surface area contributed by atoms with Crippen LogP contribution in [0.2, 0.25) is 5.02 Å². The van der Waals surface area contributed by atoms with Gasteiger partial charge in [-0.15, -0.1) is 0 Å². The van der Waals surface area contributed by atoms with E-state index in [0.29, 0.717) is 11.6 Å². The molecule has 5 heteroatoms. The Morgan fingerprint density at radius 3 is 2.81 bits per heavy atom. The van der Waals surface area contributed by atoms with E-state index in [2.05, 4.69) is 15.6 Å². The Kier molecular flexibility index (Phi) is 4.12. The van der Waals surface area contributed by atoms with Crippen LogP contribution in [0.4, 0.5) is 5.69 Å². The molecule has 0 atom stereocenters.